The molecule has 1 aromatic rings. The van der Waals surface area contributed by atoms with Crippen LogP contribution in [0.15, 0.2) is 24.3 Å². The van der Waals surface area contributed by atoms with Crippen molar-refractivity contribution in [2.45, 2.75) is 37.3 Å². The zero-order valence-corrected chi connectivity index (χ0v) is 12.8. The molecule has 0 radical (unpaired) electrons. The van der Waals surface area contributed by atoms with E-state index in [0.717, 1.165) is 25.9 Å². The van der Waals surface area contributed by atoms with Gasteiger partial charge in [0.1, 0.15) is 0 Å². The van der Waals surface area contributed by atoms with E-state index in [9.17, 15) is 14.0 Å². The number of imide groups is 1. The predicted molar refractivity (Wildman–Crippen MR) is 81.1 cm³/mol. The molecule has 1 unspecified atom stereocenters. The van der Waals surface area contributed by atoms with Crippen LogP contribution in [0.3, 0.4) is 0 Å². The summed E-state index contributed by atoms with van der Waals surface area (Å²) in [4.78, 5) is 25.3. The van der Waals surface area contributed by atoms with E-state index >= 15 is 0 Å². The Morgan fingerprint density at radius 2 is 1.82 bits per heavy atom. The lowest BCUT2D eigenvalue weighted by Gasteiger charge is -2.30. The summed E-state index contributed by atoms with van der Waals surface area (Å²) in [6.45, 7) is 2.15. The summed E-state index contributed by atoms with van der Waals surface area (Å²) in [6.07, 6.45) is 2.17. The van der Waals surface area contributed by atoms with E-state index in [1.807, 2.05) is 12.1 Å². The summed E-state index contributed by atoms with van der Waals surface area (Å²) < 4.78 is 14.9. The molecule has 1 atom stereocenters. The molecule has 22 heavy (non-hydrogen) atoms. The highest BCUT2D eigenvalue weighted by atomic mass is 19.1. The first-order chi connectivity index (χ1) is 10.5. The molecule has 2 aliphatic heterocycles. The molecular weight excluding hydrogens is 283 g/mol. The van der Waals surface area contributed by atoms with Crippen molar-refractivity contribution in [2.24, 2.45) is 0 Å². The van der Waals surface area contributed by atoms with Gasteiger partial charge < -0.3 is 4.90 Å². The van der Waals surface area contributed by atoms with E-state index in [-0.39, 0.29) is 12.8 Å². The van der Waals surface area contributed by atoms with Crippen molar-refractivity contribution < 1.29 is 14.0 Å². The lowest BCUT2D eigenvalue weighted by atomic mass is 9.84. The number of rotatable bonds is 2. The Labute approximate surface area is 129 Å². The fourth-order valence-electron chi connectivity index (χ4n) is 3.32. The Bertz CT molecular complexity index is 579. The number of alkyl halides is 1. The maximum Gasteiger partial charge on any atom is 0.268 e. The Balaban J connectivity index is 1.76. The summed E-state index contributed by atoms with van der Waals surface area (Å²) in [7, 11) is 2.12. The number of carbonyl (C=O) groups is 2. The third-order valence-corrected chi connectivity index (χ3v) is 4.87. The van der Waals surface area contributed by atoms with Crippen molar-refractivity contribution in [1.29, 1.82) is 0 Å². The number of nitrogens with one attached hydrogen (secondary N) is 1. The molecule has 1 N–H and O–H groups in total. The second-order valence-electron chi connectivity index (χ2n) is 6.38. The first-order valence-electron chi connectivity index (χ1n) is 7.81. The number of nitrogens with zero attached hydrogens (tertiary/aromatic N) is 1. The molecule has 5 heteroatoms. The van der Waals surface area contributed by atoms with Gasteiger partial charge >= 0.3 is 0 Å². The topological polar surface area (TPSA) is 49.4 Å². The molecule has 0 aliphatic carbocycles. The molecule has 0 aromatic heterocycles. The van der Waals surface area contributed by atoms with Crippen molar-refractivity contribution in [1.82, 2.24) is 10.2 Å². The minimum Gasteiger partial charge on any atom is -0.306 e. The number of piperidine rings is 2. The molecule has 2 heterocycles. The molecule has 3 rings (SSSR count). The van der Waals surface area contributed by atoms with Crippen LogP contribution in [-0.4, -0.2) is 36.9 Å². The first kappa shape index (κ1) is 15.2. The quantitative estimate of drug-likeness (QED) is 0.851. The molecule has 118 valence electrons. The number of benzene rings is 1. The Morgan fingerprint density at radius 3 is 2.41 bits per heavy atom. The van der Waals surface area contributed by atoms with Gasteiger partial charge in [0.15, 0.2) is 0 Å². The average Bonchev–Trinajstić information content (AvgIpc) is 2.52. The van der Waals surface area contributed by atoms with Crippen LogP contribution >= 0.6 is 0 Å². The van der Waals surface area contributed by atoms with Crippen molar-refractivity contribution in [3.05, 3.63) is 35.4 Å². The van der Waals surface area contributed by atoms with Gasteiger partial charge in [0.2, 0.25) is 11.6 Å². The summed E-state index contributed by atoms with van der Waals surface area (Å²) >= 11 is 0. The van der Waals surface area contributed by atoms with Gasteiger partial charge in [-0.25, -0.2) is 4.39 Å². The third-order valence-electron chi connectivity index (χ3n) is 4.87. The maximum atomic E-state index is 14.9. The first-order valence-corrected chi connectivity index (χ1v) is 7.81. The SMILES string of the molecule is CN1CCC(c2ccc(C3(F)CCC(=O)NC3=O)cc2)CC1. The monoisotopic (exact) mass is 304 g/mol. The molecule has 2 fully saturated rings. The predicted octanol–water partition coefficient (Wildman–Crippen LogP) is 2.10. The van der Waals surface area contributed by atoms with Crippen LogP contribution in [0.2, 0.25) is 0 Å². The van der Waals surface area contributed by atoms with Crippen LogP contribution < -0.4 is 5.32 Å². The van der Waals surface area contributed by atoms with Gasteiger partial charge in [-0.3, -0.25) is 14.9 Å². The fourth-order valence-corrected chi connectivity index (χ4v) is 3.32. The van der Waals surface area contributed by atoms with Gasteiger partial charge in [-0.15, -0.1) is 0 Å². The molecule has 2 aliphatic rings. The molecule has 0 saturated carbocycles. The lowest BCUT2D eigenvalue weighted by molar-refractivity contribution is -0.144. The third kappa shape index (κ3) is 2.77. The van der Waals surface area contributed by atoms with Crippen LogP contribution in [0.1, 0.15) is 42.7 Å². The van der Waals surface area contributed by atoms with Gasteiger partial charge in [-0.1, -0.05) is 24.3 Å². The van der Waals surface area contributed by atoms with E-state index in [2.05, 4.69) is 17.3 Å². The maximum absolute atomic E-state index is 14.9. The normalized spacial score (nSPS) is 27.7. The van der Waals surface area contributed by atoms with Crippen molar-refractivity contribution in [3.63, 3.8) is 0 Å². The average molecular weight is 304 g/mol. The van der Waals surface area contributed by atoms with E-state index in [4.69, 9.17) is 0 Å². The van der Waals surface area contributed by atoms with Crippen LogP contribution in [-0.2, 0) is 15.3 Å². The van der Waals surface area contributed by atoms with Gasteiger partial charge in [0.05, 0.1) is 0 Å². The largest absolute Gasteiger partial charge is 0.306 e. The van der Waals surface area contributed by atoms with Crippen LogP contribution in [0.4, 0.5) is 4.39 Å². The second kappa shape index (κ2) is 5.80. The standard InChI is InChI=1S/C17H21FN2O2/c1-20-10-7-13(8-11-20)12-2-4-14(5-3-12)17(18)9-6-15(21)19-16(17)22/h2-5,13H,6-11H2,1H3,(H,19,21,22). The number of amides is 2. The van der Waals surface area contributed by atoms with Crippen LogP contribution in [0, 0.1) is 0 Å². The number of hydrogen-bond acceptors (Lipinski definition) is 3. The number of halogens is 1. The minimum absolute atomic E-state index is 0.0406. The molecule has 2 saturated heterocycles. The van der Waals surface area contributed by atoms with E-state index in [1.165, 1.54) is 5.56 Å². The smallest absolute Gasteiger partial charge is 0.268 e. The summed E-state index contributed by atoms with van der Waals surface area (Å²) in [5, 5.41) is 2.09. The van der Waals surface area contributed by atoms with Gasteiger partial charge in [0, 0.05) is 12.8 Å². The highest BCUT2D eigenvalue weighted by Crippen LogP contribution is 2.35. The van der Waals surface area contributed by atoms with E-state index in [1.54, 1.807) is 12.1 Å². The number of likely N-dealkylation sites (tertiary alicyclic amines) is 1. The highest BCUT2D eigenvalue weighted by Gasteiger charge is 2.44. The van der Waals surface area contributed by atoms with E-state index < -0.39 is 17.5 Å². The van der Waals surface area contributed by atoms with Gasteiger partial charge in [-0.05, 0) is 50.0 Å². The zero-order valence-electron chi connectivity index (χ0n) is 12.8. The van der Waals surface area contributed by atoms with Crippen molar-refractivity contribution in [3.8, 4) is 0 Å². The zero-order chi connectivity index (χ0) is 15.7. The Morgan fingerprint density at radius 1 is 1.18 bits per heavy atom. The second-order valence-corrected chi connectivity index (χ2v) is 6.38. The van der Waals surface area contributed by atoms with Crippen LogP contribution in [0.25, 0.3) is 0 Å². The van der Waals surface area contributed by atoms with Crippen LogP contribution in [0.5, 0.6) is 0 Å². The Kier molecular flexibility index (Phi) is 4.00. The summed E-state index contributed by atoms with van der Waals surface area (Å²) in [5.74, 6) is -0.736. The number of carbonyl (C=O) groups excluding carboxylic acids is 2. The van der Waals surface area contributed by atoms with E-state index in [0.29, 0.717) is 11.5 Å². The minimum atomic E-state index is -2.08. The molecule has 4 nitrogen and oxygen atoms in total. The van der Waals surface area contributed by atoms with Gasteiger partial charge in [-0.2, -0.15) is 0 Å². The summed E-state index contributed by atoms with van der Waals surface area (Å²) in [6, 6.07) is 7.25. The fraction of sp³-hybridized carbons (Fsp3) is 0.529. The molecular formula is C17H21FN2O2. The van der Waals surface area contributed by atoms with Gasteiger partial charge in [0.25, 0.3) is 5.91 Å². The Hall–Kier alpha value is -1.75. The molecule has 1 aromatic carbocycles. The van der Waals surface area contributed by atoms with Crippen molar-refractivity contribution in [2.75, 3.05) is 20.1 Å². The molecule has 2 amide bonds. The van der Waals surface area contributed by atoms with Crippen molar-refractivity contribution >= 4 is 11.8 Å². The molecule has 0 bridgehead atoms. The highest BCUT2D eigenvalue weighted by molar-refractivity contribution is 6.02. The lowest BCUT2D eigenvalue weighted by Crippen LogP contribution is -2.49. The number of hydrogen-bond donors (Lipinski definition) is 1. The molecule has 0 spiro atoms. The summed E-state index contributed by atoms with van der Waals surface area (Å²) in [5.41, 5.74) is -0.541.